The van der Waals surface area contributed by atoms with Crippen LogP contribution in [0.3, 0.4) is 0 Å². The Kier molecular flexibility index (Phi) is 4.98. The molecule has 1 N–H and O–H groups in total. The Balaban J connectivity index is 2.16. The van der Waals surface area contributed by atoms with Crippen LogP contribution in [0.25, 0.3) is 0 Å². The van der Waals surface area contributed by atoms with E-state index in [4.69, 9.17) is 0 Å². The van der Waals surface area contributed by atoms with E-state index in [1.807, 2.05) is 20.8 Å². The molecule has 1 aliphatic heterocycles. The molecule has 0 aromatic carbocycles. The van der Waals surface area contributed by atoms with Crippen LogP contribution in [0.2, 0.25) is 0 Å². The molecule has 0 spiro atoms. The quantitative estimate of drug-likeness (QED) is 0.870. The second-order valence-corrected chi connectivity index (χ2v) is 9.37. The van der Waals surface area contributed by atoms with Gasteiger partial charge in [-0.3, -0.25) is 14.6 Å². The zero-order valence-corrected chi connectivity index (χ0v) is 15.2. The fourth-order valence-electron chi connectivity index (χ4n) is 2.54. The number of carbonyl (C=O) groups is 2. The number of sulfone groups is 1. The Morgan fingerprint density at radius 1 is 1.25 bits per heavy atom. The van der Waals surface area contributed by atoms with Gasteiger partial charge in [0.15, 0.2) is 9.84 Å². The van der Waals surface area contributed by atoms with E-state index in [1.54, 1.807) is 7.05 Å². The highest BCUT2D eigenvalue weighted by Crippen LogP contribution is 2.18. The molecule has 1 aromatic heterocycles. The summed E-state index contributed by atoms with van der Waals surface area (Å²) in [5, 5.41) is 2.81. The van der Waals surface area contributed by atoms with Gasteiger partial charge in [-0.2, -0.15) is 0 Å². The summed E-state index contributed by atoms with van der Waals surface area (Å²) in [5.74, 6) is -0.570. The van der Waals surface area contributed by atoms with Gasteiger partial charge < -0.3 is 10.2 Å². The predicted octanol–water partition coefficient (Wildman–Crippen LogP) is 0.869. The molecule has 2 amide bonds. The van der Waals surface area contributed by atoms with Gasteiger partial charge in [-0.25, -0.2) is 8.42 Å². The third-order valence-electron chi connectivity index (χ3n) is 3.81. The maximum absolute atomic E-state index is 12.6. The van der Waals surface area contributed by atoms with E-state index in [-0.39, 0.29) is 34.9 Å². The van der Waals surface area contributed by atoms with Gasteiger partial charge in [0.1, 0.15) is 0 Å². The van der Waals surface area contributed by atoms with Gasteiger partial charge in [0, 0.05) is 31.0 Å². The first kappa shape index (κ1) is 18.4. The van der Waals surface area contributed by atoms with E-state index in [0.717, 1.165) is 0 Å². The molecule has 0 bridgehead atoms. The molecule has 1 fully saturated rings. The van der Waals surface area contributed by atoms with Gasteiger partial charge in [0.05, 0.1) is 22.6 Å². The highest BCUT2D eigenvalue weighted by molar-refractivity contribution is 7.91. The summed E-state index contributed by atoms with van der Waals surface area (Å²) in [6.45, 7) is 5.59. The maximum atomic E-state index is 12.6. The lowest BCUT2D eigenvalue weighted by molar-refractivity contribution is 0.0747. The molecule has 1 atom stereocenters. The van der Waals surface area contributed by atoms with Gasteiger partial charge >= 0.3 is 0 Å². The van der Waals surface area contributed by atoms with Crippen molar-refractivity contribution >= 4 is 21.7 Å². The summed E-state index contributed by atoms with van der Waals surface area (Å²) in [5.41, 5.74) is 0.165. The summed E-state index contributed by atoms with van der Waals surface area (Å²) >= 11 is 0. The van der Waals surface area contributed by atoms with Crippen molar-refractivity contribution in [2.75, 3.05) is 18.6 Å². The highest BCUT2D eigenvalue weighted by atomic mass is 32.2. The van der Waals surface area contributed by atoms with Gasteiger partial charge in [-0.05, 0) is 33.3 Å². The number of nitrogens with one attached hydrogen (secondary N) is 1. The van der Waals surface area contributed by atoms with Gasteiger partial charge in [-0.15, -0.1) is 0 Å². The first-order chi connectivity index (χ1) is 11.0. The second kappa shape index (κ2) is 6.51. The molecule has 24 heavy (non-hydrogen) atoms. The molecule has 8 heteroatoms. The molecular weight excluding hydrogens is 330 g/mol. The number of amides is 2. The molecule has 1 aromatic rings. The average molecular weight is 353 g/mol. The minimum absolute atomic E-state index is 0.0210. The lowest BCUT2D eigenvalue weighted by Crippen LogP contribution is -2.41. The minimum Gasteiger partial charge on any atom is -0.347 e. The van der Waals surface area contributed by atoms with Crippen molar-refractivity contribution in [3.63, 3.8) is 0 Å². The number of carbonyl (C=O) groups excluding carboxylic acids is 2. The fourth-order valence-corrected chi connectivity index (χ4v) is 4.32. The first-order valence-electron chi connectivity index (χ1n) is 7.74. The molecule has 0 saturated carbocycles. The van der Waals surface area contributed by atoms with Crippen molar-refractivity contribution in [2.45, 2.75) is 38.8 Å². The van der Waals surface area contributed by atoms with Gasteiger partial charge in [0.2, 0.25) is 0 Å². The van der Waals surface area contributed by atoms with Crippen LogP contribution in [-0.4, -0.2) is 60.3 Å². The molecule has 1 aliphatic rings. The zero-order chi connectivity index (χ0) is 18.1. The standard InChI is InChI=1S/C16H23N3O4S/c1-16(2,3)18-14(20)11-7-12(9-17-8-11)15(21)19(4)13-5-6-24(22,23)10-13/h7-9,13H,5-6,10H2,1-4H3,(H,18,20). The molecule has 132 valence electrons. The monoisotopic (exact) mass is 353 g/mol. The average Bonchev–Trinajstić information content (AvgIpc) is 2.84. The van der Waals surface area contributed by atoms with Crippen LogP contribution in [0, 0.1) is 0 Å². The Morgan fingerprint density at radius 3 is 2.42 bits per heavy atom. The summed E-state index contributed by atoms with van der Waals surface area (Å²) in [4.78, 5) is 30.1. The van der Waals surface area contributed by atoms with Crippen LogP contribution in [0.1, 0.15) is 47.9 Å². The molecule has 0 radical (unpaired) electrons. The highest BCUT2D eigenvalue weighted by Gasteiger charge is 2.33. The Morgan fingerprint density at radius 2 is 1.88 bits per heavy atom. The zero-order valence-electron chi connectivity index (χ0n) is 14.4. The van der Waals surface area contributed by atoms with Gasteiger partial charge in [0.25, 0.3) is 11.8 Å². The molecule has 0 aliphatic carbocycles. The van der Waals surface area contributed by atoms with E-state index in [0.29, 0.717) is 12.0 Å². The third-order valence-corrected chi connectivity index (χ3v) is 5.56. The van der Waals surface area contributed by atoms with E-state index >= 15 is 0 Å². The van der Waals surface area contributed by atoms with Crippen molar-refractivity contribution in [2.24, 2.45) is 0 Å². The summed E-state index contributed by atoms with van der Waals surface area (Å²) in [6.07, 6.45) is 3.22. The van der Waals surface area contributed by atoms with Crippen molar-refractivity contribution in [3.8, 4) is 0 Å². The van der Waals surface area contributed by atoms with Crippen molar-refractivity contribution < 1.29 is 18.0 Å². The van der Waals surface area contributed by atoms with Crippen LogP contribution in [0.4, 0.5) is 0 Å². The van der Waals surface area contributed by atoms with Crippen molar-refractivity contribution in [1.29, 1.82) is 0 Å². The number of aromatic nitrogens is 1. The largest absolute Gasteiger partial charge is 0.347 e. The number of hydrogen-bond acceptors (Lipinski definition) is 5. The maximum Gasteiger partial charge on any atom is 0.255 e. The van der Waals surface area contributed by atoms with Crippen molar-refractivity contribution in [3.05, 3.63) is 29.6 Å². The number of nitrogens with zero attached hydrogens (tertiary/aromatic N) is 2. The van der Waals surface area contributed by atoms with Gasteiger partial charge in [-0.1, -0.05) is 0 Å². The molecule has 7 nitrogen and oxygen atoms in total. The second-order valence-electron chi connectivity index (χ2n) is 7.14. The predicted molar refractivity (Wildman–Crippen MR) is 90.6 cm³/mol. The van der Waals surface area contributed by atoms with Crippen LogP contribution in [-0.2, 0) is 9.84 Å². The Labute approximate surface area is 142 Å². The lowest BCUT2D eigenvalue weighted by Gasteiger charge is -2.24. The van der Waals surface area contributed by atoms with Crippen LogP contribution in [0.5, 0.6) is 0 Å². The summed E-state index contributed by atoms with van der Waals surface area (Å²) < 4.78 is 23.2. The summed E-state index contributed by atoms with van der Waals surface area (Å²) in [6, 6.07) is 1.14. The molecule has 2 rings (SSSR count). The van der Waals surface area contributed by atoms with E-state index in [2.05, 4.69) is 10.3 Å². The minimum atomic E-state index is -3.07. The Bertz CT molecular complexity index is 753. The fraction of sp³-hybridized carbons (Fsp3) is 0.562. The van der Waals surface area contributed by atoms with E-state index in [9.17, 15) is 18.0 Å². The molecular formula is C16H23N3O4S. The normalized spacial score (nSPS) is 19.8. The molecule has 1 saturated heterocycles. The smallest absolute Gasteiger partial charge is 0.255 e. The SMILES string of the molecule is CN(C(=O)c1cncc(C(=O)NC(C)(C)C)c1)C1CCS(=O)(=O)C1. The number of pyridine rings is 1. The third kappa shape index (κ3) is 4.53. The lowest BCUT2D eigenvalue weighted by atomic mass is 10.1. The van der Waals surface area contributed by atoms with Crippen LogP contribution >= 0.6 is 0 Å². The molecule has 1 unspecified atom stereocenters. The van der Waals surface area contributed by atoms with E-state index < -0.39 is 15.4 Å². The van der Waals surface area contributed by atoms with E-state index in [1.165, 1.54) is 23.4 Å². The number of hydrogen-bond donors (Lipinski definition) is 1. The van der Waals surface area contributed by atoms with Crippen LogP contribution < -0.4 is 5.32 Å². The topological polar surface area (TPSA) is 96.4 Å². The van der Waals surface area contributed by atoms with Crippen molar-refractivity contribution in [1.82, 2.24) is 15.2 Å². The summed E-state index contributed by atoms with van der Waals surface area (Å²) in [7, 11) is -1.49. The van der Waals surface area contributed by atoms with Crippen LogP contribution in [0.15, 0.2) is 18.5 Å². The Hall–Kier alpha value is -1.96. The molecule has 2 heterocycles. The first-order valence-corrected chi connectivity index (χ1v) is 9.56. The number of rotatable bonds is 3.